The first-order chi connectivity index (χ1) is 12.0. The number of hydrogen-bond acceptors (Lipinski definition) is 3. The molecule has 3 aromatic rings. The number of ether oxygens (including phenoxy) is 1. The Hall–Kier alpha value is -2.11. The van der Waals surface area contributed by atoms with Crippen molar-refractivity contribution in [1.82, 2.24) is 0 Å². The van der Waals surface area contributed by atoms with Crippen molar-refractivity contribution >= 4 is 25.8 Å². The topological polar surface area (TPSA) is 43.4 Å². The van der Waals surface area contributed by atoms with Crippen LogP contribution in [0.3, 0.4) is 0 Å². The fourth-order valence-electron chi connectivity index (χ4n) is 3.09. The summed E-state index contributed by atoms with van der Waals surface area (Å²) in [5.41, 5.74) is 2.33. The van der Waals surface area contributed by atoms with E-state index >= 15 is 0 Å². The van der Waals surface area contributed by atoms with E-state index in [1.807, 2.05) is 49.4 Å². The molecule has 3 nitrogen and oxygen atoms in total. The second-order valence-corrected chi connectivity index (χ2v) is 9.01. The SMILES string of the molecule is Cc1ccc(S(=O)(=O)C2c3ccccc3Oc3ccc(Br)cc32)cc1. The Balaban J connectivity index is 1.97. The van der Waals surface area contributed by atoms with Crippen LogP contribution in [0.2, 0.25) is 0 Å². The Morgan fingerprint density at radius 1 is 0.880 bits per heavy atom. The molecule has 0 fully saturated rings. The third-order valence-corrected chi connectivity index (χ3v) is 6.89. The van der Waals surface area contributed by atoms with Crippen LogP contribution in [0.25, 0.3) is 0 Å². The van der Waals surface area contributed by atoms with E-state index in [1.165, 1.54) is 0 Å². The Morgan fingerprint density at radius 3 is 2.32 bits per heavy atom. The Morgan fingerprint density at radius 2 is 1.56 bits per heavy atom. The van der Waals surface area contributed by atoms with Crippen molar-refractivity contribution in [3.63, 3.8) is 0 Å². The van der Waals surface area contributed by atoms with E-state index in [2.05, 4.69) is 15.9 Å². The second kappa shape index (κ2) is 6.00. The highest BCUT2D eigenvalue weighted by atomic mass is 79.9. The number of fused-ring (bicyclic) bond motifs is 2. The third-order valence-electron chi connectivity index (χ3n) is 4.34. The van der Waals surface area contributed by atoms with Crippen LogP contribution < -0.4 is 4.74 Å². The lowest BCUT2D eigenvalue weighted by molar-refractivity contribution is 0.455. The largest absolute Gasteiger partial charge is 0.457 e. The van der Waals surface area contributed by atoms with Crippen LogP contribution in [-0.2, 0) is 9.84 Å². The highest BCUT2D eigenvalue weighted by molar-refractivity contribution is 9.10. The van der Waals surface area contributed by atoms with Crippen molar-refractivity contribution in [3.05, 3.63) is 87.9 Å². The molecular formula is C20H15BrO3S. The molecule has 0 radical (unpaired) electrons. The molecule has 1 aliphatic rings. The van der Waals surface area contributed by atoms with E-state index in [0.29, 0.717) is 27.5 Å². The molecule has 4 rings (SSSR count). The van der Waals surface area contributed by atoms with Crippen LogP contribution in [0.15, 0.2) is 76.1 Å². The van der Waals surface area contributed by atoms with Crippen molar-refractivity contribution in [2.45, 2.75) is 17.1 Å². The molecule has 1 heterocycles. The molecule has 1 aliphatic heterocycles. The van der Waals surface area contributed by atoms with E-state index in [4.69, 9.17) is 4.74 Å². The van der Waals surface area contributed by atoms with E-state index in [1.54, 1.807) is 24.3 Å². The number of halogens is 1. The van der Waals surface area contributed by atoms with Gasteiger partial charge in [-0.3, -0.25) is 0 Å². The number of benzene rings is 3. The van der Waals surface area contributed by atoms with E-state index in [-0.39, 0.29) is 0 Å². The fraction of sp³-hybridized carbons (Fsp3) is 0.100. The van der Waals surface area contributed by atoms with Crippen LogP contribution in [0.1, 0.15) is 21.9 Å². The average Bonchev–Trinajstić information content (AvgIpc) is 2.60. The monoisotopic (exact) mass is 414 g/mol. The van der Waals surface area contributed by atoms with Crippen LogP contribution in [0.4, 0.5) is 0 Å². The summed E-state index contributed by atoms with van der Waals surface area (Å²) in [6.45, 7) is 1.94. The van der Waals surface area contributed by atoms with Crippen molar-refractivity contribution in [3.8, 4) is 11.5 Å². The lowest BCUT2D eigenvalue weighted by atomic mass is 10.00. The molecule has 1 unspecified atom stereocenters. The molecule has 0 amide bonds. The summed E-state index contributed by atoms with van der Waals surface area (Å²) >= 11 is 3.44. The van der Waals surface area contributed by atoms with Crippen molar-refractivity contribution in [2.24, 2.45) is 0 Å². The van der Waals surface area contributed by atoms with Gasteiger partial charge in [-0.05, 0) is 43.3 Å². The summed E-state index contributed by atoms with van der Waals surface area (Å²) in [4.78, 5) is 0.311. The number of sulfone groups is 1. The number of para-hydroxylation sites is 1. The van der Waals surface area contributed by atoms with E-state index < -0.39 is 15.1 Å². The minimum atomic E-state index is -3.62. The van der Waals surface area contributed by atoms with Crippen LogP contribution in [0, 0.1) is 6.92 Å². The molecule has 3 aromatic carbocycles. The van der Waals surface area contributed by atoms with Gasteiger partial charge in [-0.25, -0.2) is 8.42 Å². The first-order valence-corrected chi connectivity index (χ1v) is 10.2. The Labute approximate surface area is 155 Å². The lowest BCUT2D eigenvalue weighted by Crippen LogP contribution is -2.19. The molecule has 0 bridgehead atoms. The van der Waals surface area contributed by atoms with Gasteiger partial charge in [0.2, 0.25) is 0 Å². The van der Waals surface area contributed by atoms with Gasteiger partial charge in [0.1, 0.15) is 16.7 Å². The zero-order valence-corrected chi connectivity index (χ0v) is 15.8. The summed E-state index contributed by atoms with van der Waals surface area (Å²) in [5.74, 6) is 1.15. The molecule has 0 aromatic heterocycles. The quantitative estimate of drug-likeness (QED) is 0.561. The smallest absolute Gasteiger partial charge is 0.189 e. The van der Waals surface area contributed by atoms with Crippen molar-refractivity contribution < 1.29 is 13.2 Å². The van der Waals surface area contributed by atoms with Crippen molar-refractivity contribution in [1.29, 1.82) is 0 Å². The number of hydrogen-bond donors (Lipinski definition) is 0. The molecule has 126 valence electrons. The maximum Gasteiger partial charge on any atom is 0.189 e. The van der Waals surface area contributed by atoms with Gasteiger partial charge in [-0.1, -0.05) is 51.8 Å². The lowest BCUT2D eigenvalue weighted by Gasteiger charge is -2.28. The van der Waals surface area contributed by atoms with E-state index in [0.717, 1.165) is 10.0 Å². The zero-order chi connectivity index (χ0) is 17.6. The molecule has 0 N–H and O–H groups in total. The maximum absolute atomic E-state index is 13.5. The van der Waals surface area contributed by atoms with Gasteiger partial charge in [0, 0.05) is 15.6 Å². The van der Waals surface area contributed by atoms with Gasteiger partial charge < -0.3 is 4.74 Å². The second-order valence-electron chi connectivity index (χ2n) is 6.06. The highest BCUT2D eigenvalue weighted by Gasteiger charge is 2.38. The summed E-state index contributed by atoms with van der Waals surface area (Å²) in [7, 11) is -3.62. The molecule has 0 saturated heterocycles. The minimum absolute atomic E-state index is 0.311. The van der Waals surface area contributed by atoms with Crippen molar-refractivity contribution in [2.75, 3.05) is 0 Å². The highest BCUT2D eigenvalue weighted by Crippen LogP contribution is 2.48. The molecule has 25 heavy (non-hydrogen) atoms. The number of aryl methyl sites for hydroxylation is 1. The normalized spacial score (nSPS) is 15.8. The first-order valence-electron chi connectivity index (χ1n) is 7.83. The Kier molecular flexibility index (Phi) is 3.93. The molecule has 0 spiro atoms. The maximum atomic E-state index is 13.5. The standard InChI is InChI=1S/C20H15BrO3S/c1-13-6-9-15(10-7-13)25(22,23)20-16-4-2-3-5-18(16)24-19-11-8-14(21)12-17(19)20/h2-12,20H,1H3. The van der Waals surface area contributed by atoms with Gasteiger partial charge in [0.05, 0.1) is 4.90 Å². The molecule has 5 heteroatoms. The summed E-state index contributed by atoms with van der Waals surface area (Å²) in [6.07, 6.45) is 0. The first kappa shape index (κ1) is 16.4. The molecule has 0 saturated carbocycles. The fourth-order valence-corrected chi connectivity index (χ4v) is 5.31. The predicted octanol–water partition coefficient (Wildman–Crippen LogP) is 5.43. The zero-order valence-electron chi connectivity index (χ0n) is 13.4. The molecule has 1 atom stereocenters. The molecular weight excluding hydrogens is 400 g/mol. The summed E-state index contributed by atoms with van der Waals surface area (Å²) in [6, 6.07) is 19.7. The Bertz CT molecular complexity index is 1060. The van der Waals surface area contributed by atoms with E-state index in [9.17, 15) is 8.42 Å². The van der Waals surface area contributed by atoms with Gasteiger partial charge in [0.25, 0.3) is 0 Å². The molecule has 0 aliphatic carbocycles. The minimum Gasteiger partial charge on any atom is -0.457 e. The average molecular weight is 415 g/mol. The van der Waals surface area contributed by atoms with Gasteiger partial charge in [-0.2, -0.15) is 0 Å². The van der Waals surface area contributed by atoms with Gasteiger partial charge in [0.15, 0.2) is 9.84 Å². The van der Waals surface area contributed by atoms with Crippen LogP contribution in [0.5, 0.6) is 11.5 Å². The van der Waals surface area contributed by atoms with Gasteiger partial charge in [-0.15, -0.1) is 0 Å². The van der Waals surface area contributed by atoms with Crippen LogP contribution in [-0.4, -0.2) is 8.42 Å². The van der Waals surface area contributed by atoms with Gasteiger partial charge >= 0.3 is 0 Å². The number of rotatable bonds is 2. The summed E-state index contributed by atoms with van der Waals surface area (Å²) < 4.78 is 33.7. The summed E-state index contributed by atoms with van der Waals surface area (Å²) in [5, 5.41) is -0.798. The predicted molar refractivity (Wildman–Crippen MR) is 101 cm³/mol. The van der Waals surface area contributed by atoms with Crippen LogP contribution >= 0.6 is 15.9 Å². The third kappa shape index (κ3) is 2.77.